The van der Waals surface area contributed by atoms with Gasteiger partial charge in [-0.25, -0.2) is 13.1 Å². The lowest BCUT2D eigenvalue weighted by atomic mass is 9.77. The van der Waals surface area contributed by atoms with Gasteiger partial charge in [0.05, 0.1) is 22.0 Å². The molecule has 4 unspecified atom stereocenters. The second kappa shape index (κ2) is 8.72. The van der Waals surface area contributed by atoms with Crippen molar-refractivity contribution in [2.75, 3.05) is 18.5 Å². The van der Waals surface area contributed by atoms with Gasteiger partial charge in [0.25, 0.3) is 5.69 Å². The number of nitrogens with one attached hydrogen (secondary N) is 2. The second-order valence-electron chi connectivity index (χ2n) is 8.67. The number of hydrogen-bond donors (Lipinski definition) is 2. The van der Waals surface area contributed by atoms with Crippen molar-refractivity contribution in [2.24, 2.45) is 5.92 Å². The Hall–Kier alpha value is -2.46. The van der Waals surface area contributed by atoms with Crippen LogP contribution in [0.25, 0.3) is 0 Å². The van der Waals surface area contributed by atoms with Gasteiger partial charge in [-0.3, -0.25) is 10.1 Å². The number of nitrogens with zero attached hydrogens (tertiary/aromatic N) is 1. The van der Waals surface area contributed by atoms with Gasteiger partial charge in [-0.15, -0.1) is 0 Å². The van der Waals surface area contributed by atoms with Gasteiger partial charge in [0.1, 0.15) is 0 Å². The molecule has 5 rings (SSSR count). The molecule has 0 radical (unpaired) electrons. The van der Waals surface area contributed by atoms with Crippen LogP contribution in [-0.2, 0) is 14.8 Å². The van der Waals surface area contributed by atoms with Gasteiger partial charge in [0.2, 0.25) is 10.0 Å². The molecule has 2 aromatic rings. The molecule has 2 aliphatic heterocycles. The van der Waals surface area contributed by atoms with E-state index in [2.05, 4.69) is 22.2 Å². The van der Waals surface area contributed by atoms with Crippen molar-refractivity contribution < 1.29 is 18.1 Å². The fourth-order valence-electron chi connectivity index (χ4n) is 5.02. The van der Waals surface area contributed by atoms with Crippen molar-refractivity contribution in [3.8, 4) is 0 Å². The lowest BCUT2D eigenvalue weighted by molar-refractivity contribution is -0.384. The van der Waals surface area contributed by atoms with Crippen molar-refractivity contribution in [1.82, 2.24) is 4.72 Å². The molecule has 2 N–H and O–H groups in total. The average molecular weight is 490 g/mol. The van der Waals surface area contributed by atoms with Gasteiger partial charge in [0.15, 0.2) is 0 Å². The maximum Gasteiger partial charge on any atom is 0.269 e. The van der Waals surface area contributed by atoms with Crippen LogP contribution in [0.4, 0.5) is 11.4 Å². The number of sulfonamides is 1. The third-order valence-corrected chi connectivity index (χ3v) is 8.46. The van der Waals surface area contributed by atoms with Crippen LogP contribution in [0.3, 0.4) is 0 Å². The molecule has 1 aliphatic carbocycles. The molecule has 33 heavy (non-hydrogen) atoms. The van der Waals surface area contributed by atoms with Crippen molar-refractivity contribution in [3.63, 3.8) is 0 Å². The molecule has 1 saturated heterocycles. The number of fused-ring (bicyclic) bond motifs is 3. The van der Waals surface area contributed by atoms with E-state index in [1.165, 1.54) is 12.1 Å². The summed E-state index contributed by atoms with van der Waals surface area (Å²) < 4.78 is 34.0. The van der Waals surface area contributed by atoms with E-state index in [4.69, 9.17) is 16.3 Å². The summed E-state index contributed by atoms with van der Waals surface area (Å²) >= 11 is 6.44. The quantitative estimate of drug-likeness (QED) is 0.350. The molecule has 174 valence electrons. The van der Waals surface area contributed by atoms with Gasteiger partial charge in [-0.05, 0) is 55.0 Å². The van der Waals surface area contributed by atoms with Crippen LogP contribution in [0.2, 0.25) is 5.02 Å². The maximum absolute atomic E-state index is 12.9. The van der Waals surface area contributed by atoms with Gasteiger partial charge in [-0.1, -0.05) is 23.8 Å². The molecular formula is C23H24ClN3O5S. The highest BCUT2D eigenvalue weighted by Gasteiger charge is 2.39. The van der Waals surface area contributed by atoms with E-state index in [9.17, 15) is 18.5 Å². The van der Waals surface area contributed by atoms with E-state index in [-0.39, 0.29) is 41.1 Å². The topological polar surface area (TPSA) is 111 Å². The Bertz CT molecular complexity index is 1230. The third-order valence-electron chi connectivity index (χ3n) is 6.70. The zero-order valence-electron chi connectivity index (χ0n) is 17.7. The van der Waals surface area contributed by atoms with Crippen molar-refractivity contribution in [3.05, 3.63) is 74.8 Å². The van der Waals surface area contributed by atoms with Crippen molar-refractivity contribution in [1.29, 1.82) is 0 Å². The van der Waals surface area contributed by atoms with E-state index in [0.29, 0.717) is 17.2 Å². The Morgan fingerprint density at radius 2 is 2.06 bits per heavy atom. The number of hydrogen-bond acceptors (Lipinski definition) is 6. The van der Waals surface area contributed by atoms with E-state index >= 15 is 0 Å². The van der Waals surface area contributed by atoms with E-state index < -0.39 is 14.9 Å². The Morgan fingerprint density at radius 1 is 1.21 bits per heavy atom. The minimum absolute atomic E-state index is 0.0109. The van der Waals surface area contributed by atoms with Gasteiger partial charge < -0.3 is 10.1 Å². The Labute approximate surface area is 197 Å². The van der Waals surface area contributed by atoms with E-state index in [0.717, 1.165) is 30.5 Å². The zero-order valence-corrected chi connectivity index (χ0v) is 19.3. The first kappa shape index (κ1) is 22.3. The number of nitro benzene ring substituents is 1. The summed E-state index contributed by atoms with van der Waals surface area (Å²) in [4.78, 5) is 11.1. The maximum atomic E-state index is 12.9. The lowest BCUT2D eigenvalue weighted by Gasteiger charge is -2.38. The molecule has 8 nitrogen and oxygen atoms in total. The number of benzene rings is 2. The predicted octanol–water partition coefficient (Wildman–Crippen LogP) is 4.53. The first-order valence-electron chi connectivity index (χ1n) is 11.0. The SMILES string of the molecule is O=[N+]([O-])c1ccc(Cl)c(C2Nc3ccc(S(=O)(=O)NCC4CCCO4)cc3C3C=CCC32)c1. The summed E-state index contributed by atoms with van der Waals surface area (Å²) in [5.41, 5.74) is 2.35. The number of allylic oxidation sites excluding steroid dienone is 2. The molecule has 2 aromatic carbocycles. The summed E-state index contributed by atoms with van der Waals surface area (Å²) in [5, 5.41) is 15.2. The summed E-state index contributed by atoms with van der Waals surface area (Å²) in [7, 11) is -3.68. The molecule has 0 aromatic heterocycles. The van der Waals surface area contributed by atoms with E-state index in [1.807, 2.05) is 0 Å². The highest BCUT2D eigenvalue weighted by Crippen LogP contribution is 2.51. The average Bonchev–Trinajstić information content (AvgIpc) is 3.49. The van der Waals surface area contributed by atoms with Crippen LogP contribution in [-0.4, -0.2) is 32.6 Å². The molecule has 0 spiro atoms. The number of rotatable bonds is 6. The number of halogens is 1. The summed E-state index contributed by atoms with van der Waals surface area (Å²) in [6, 6.07) is 9.30. The van der Waals surface area contributed by atoms with Crippen LogP contribution in [0, 0.1) is 16.0 Å². The fourth-order valence-corrected chi connectivity index (χ4v) is 6.36. The van der Waals surface area contributed by atoms with Crippen LogP contribution in [0.1, 0.15) is 42.3 Å². The summed E-state index contributed by atoms with van der Waals surface area (Å²) in [5.74, 6) is 0.0460. The lowest BCUT2D eigenvalue weighted by Crippen LogP contribution is -2.32. The number of ether oxygens (including phenoxy) is 1. The van der Waals surface area contributed by atoms with E-state index in [1.54, 1.807) is 24.3 Å². The highest BCUT2D eigenvalue weighted by molar-refractivity contribution is 7.89. The molecule has 0 amide bonds. The monoisotopic (exact) mass is 489 g/mol. The highest BCUT2D eigenvalue weighted by atomic mass is 35.5. The second-order valence-corrected chi connectivity index (χ2v) is 10.8. The third kappa shape index (κ3) is 4.26. The first-order valence-corrected chi connectivity index (χ1v) is 12.8. The summed E-state index contributed by atoms with van der Waals surface area (Å²) in [6.07, 6.45) is 6.63. The Morgan fingerprint density at radius 3 is 2.82 bits per heavy atom. The number of anilines is 1. The fraction of sp³-hybridized carbons (Fsp3) is 0.391. The Kier molecular flexibility index (Phi) is 5.90. The first-order chi connectivity index (χ1) is 15.8. The molecule has 1 fully saturated rings. The molecule has 0 saturated carbocycles. The normalized spacial score (nSPS) is 26.0. The van der Waals surface area contributed by atoms with Crippen LogP contribution < -0.4 is 10.0 Å². The number of non-ortho nitro benzene ring substituents is 1. The molecule has 10 heteroatoms. The molecule has 3 aliphatic rings. The minimum atomic E-state index is -3.68. The van der Waals surface area contributed by atoms with Crippen molar-refractivity contribution >= 4 is 33.0 Å². The molecular weight excluding hydrogens is 466 g/mol. The minimum Gasteiger partial charge on any atom is -0.378 e. The number of nitro groups is 1. The van der Waals surface area contributed by atoms with Gasteiger partial charge >= 0.3 is 0 Å². The summed E-state index contributed by atoms with van der Waals surface area (Å²) in [6.45, 7) is 0.930. The van der Waals surface area contributed by atoms with Crippen LogP contribution in [0.5, 0.6) is 0 Å². The van der Waals surface area contributed by atoms with Gasteiger partial charge in [-0.2, -0.15) is 0 Å². The zero-order chi connectivity index (χ0) is 23.2. The van der Waals surface area contributed by atoms with Crippen molar-refractivity contribution in [2.45, 2.75) is 42.2 Å². The standard InChI is InChI=1S/C23H24ClN3O5S/c24-21-8-6-14(27(28)29)11-20(21)23-18-5-1-4-17(18)19-12-16(7-9-22(19)26-23)33(30,31)25-13-15-3-2-10-32-15/h1,4,6-9,11-12,15,17-18,23,25-26H,2-3,5,10,13H2. The van der Waals surface area contributed by atoms with Gasteiger partial charge in [0, 0.05) is 47.5 Å². The predicted molar refractivity (Wildman–Crippen MR) is 125 cm³/mol. The van der Waals surface area contributed by atoms with Crippen LogP contribution >= 0.6 is 11.6 Å². The molecule has 0 bridgehead atoms. The molecule has 2 heterocycles. The van der Waals surface area contributed by atoms with Crippen LogP contribution in [0.15, 0.2) is 53.4 Å². The molecule has 4 atom stereocenters. The Balaban J connectivity index is 1.45. The smallest absolute Gasteiger partial charge is 0.269 e. The largest absolute Gasteiger partial charge is 0.378 e.